The summed E-state index contributed by atoms with van der Waals surface area (Å²) in [5, 5.41) is 0. The minimum absolute atomic E-state index is 0.279. The molecule has 0 spiro atoms. The van der Waals surface area contributed by atoms with E-state index in [1.165, 1.54) is 5.56 Å². The third-order valence-electron chi connectivity index (χ3n) is 3.81. The molecule has 1 saturated heterocycles. The first-order chi connectivity index (χ1) is 9.79. The highest BCUT2D eigenvalue weighted by Gasteiger charge is 2.18. The molecule has 1 aliphatic rings. The number of amides is 1. The fraction of sp³-hybridized carbons (Fsp3) is 0.562. The molecule has 3 nitrogen and oxygen atoms in total. The summed E-state index contributed by atoms with van der Waals surface area (Å²) < 4.78 is 0. The molecule has 1 heterocycles. The van der Waals surface area contributed by atoms with Crippen LogP contribution in [-0.4, -0.2) is 54.3 Å². The molecule has 1 aromatic rings. The van der Waals surface area contributed by atoms with E-state index >= 15 is 0 Å². The second-order valence-electron chi connectivity index (χ2n) is 5.25. The number of alkyl halides is 1. The molecule has 0 saturated carbocycles. The molecule has 20 heavy (non-hydrogen) atoms. The van der Waals surface area contributed by atoms with E-state index in [2.05, 4.69) is 17.0 Å². The summed E-state index contributed by atoms with van der Waals surface area (Å²) >= 11 is 5.78. The maximum atomic E-state index is 12.3. The van der Waals surface area contributed by atoms with E-state index in [9.17, 15) is 4.79 Å². The number of carbonyl (C=O) groups is 1. The average Bonchev–Trinajstić information content (AvgIpc) is 2.72. The monoisotopic (exact) mass is 294 g/mol. The van der Waals surface area contributed by atoms with Crippen LogP contribution in [0.1, 0.15) is 18.4 Å². The molecule has 110 valence electrons. The lowest BCUT2D eigenvalue weighted by Gasteiger charge is -2.21. The highest BCUT2D eigenvalue weighted by molar-refractivity contribution is 6.18. The number of nitrogens with zero attached hydrogens (tertiary/aromatic N) is 2. The predicted molar refractivity (Wildman–Crippen MR) is 83.1 cm³/mol. The lowest BCUT2D eigenvalue weighted by atomic mass is 10.1. The lowest BCUT2D eigenvalue weighted by Crippen LogP contribution is -2.35. The third-order valence-corrected chi connectivity index (χ3v) is 3.98. The molecule has 0 atom stereocenters. The fourth-order valence-electron chi connectivity index (χ4n) is 2.62. The van der Waals surface area contributed by atoms with E-state index in [0.29, 0.717) is 12.3 Å². The Morgan fingerprint density at radius 3 is 2.65 bits per heavy atom. The molecule has 2 rings (SSSR count). The van der Waals surface area contributed by atoms with Gasteiger partial charge in [0.05, 0.1) is 0 Å². The van der Waals surface area contributed by atoms with Gasteiger partial charge in [-0.05, 0) is 24.9 Å². The van der Waals surface area contributed by atoms with Crippen LogP contribution < -0.4 is 0 Å². The van der Waals surface area contributed by atoms with Gasteiger partial charge in [0.15, 0.2) is 0 Å². The summed E-state index contributed by atoms with van der Waals surface area (Å²) in [6.45, 7) is 4.64. The van der Waals surface area contributed by atoms with Gasteiger partial charge in [0.2, 0.25) is 5.91 Å². The van der Waals surface area contributed by atoms with Crippen LogP contribution >= 0.6 is 11.6 Å². The van der Waals surface area contributed by atoms with Gasteiger partial charge in [-0.3, -0.25) is 4.79 Å². The molecule has 0 unspecified atom stereocenters. The van der Waals surface area contributed by atoms with Crippen molar-refractivity contribution in [3.8, 4) is 0 Å². The first-order valence-corrected chi connectivity index (χ1v) is 7.93. The van der Waals surface area contributed by atoms with Crippen LogP contribution in [0, 0.1) is 0 Å². The Morgan fingerprint density at radius 1 is 1.10 bits per heavy atom. The van der Waals surface area contributed by atoms with Gasteiger partial charge in [-0.25, -0.2) is 0 Å². The Morgan fingerprint density at radius 2 is 1.90 bits per heavy atom. The molecule has 0 aliphatic carbocycles. The van der Waals surface area contributed by atoms with Crippen LogP contribution in [0.4, 0.5) is 0 Å². The van der Waals surface area contributed by atoms with Crippen LogP contribution in [0.3, 0.4) is 0 Å². The van der Waals surface area contributed by atoms with E-state index in [0.717, 1.165) is 45.6 Å². The van der Waals surface area contributed by atoms with Gasteiger partial charge in [0.1, 0.15) is 0 Å². The number of hydrogen-bond donors (Lipinski definition) is 0. The van der Waals surface area contributed by atoms with Crippen molar-refractivity contribution in [3.05, 3.63) is 35.9 Å². The van der Waals surface area contributed by atoms with Crippen molar-refractivity contribution in [2.24, 2.45) is 0 Å². The first kappa shape index (κ1) is 15.3. The Bertz CT molecular complexity index is 410. The Kier molecular flexibility index (Phi) is 6.34. The molecule has 1 fully saturated rings. The second-order valence-corrected chi connectivity index (χ2v) is 5.63. The van der Waals surface area contributed by atoms with Crippen LogP contribution in [0.5, 0.6) is 0 Å². The number of hydrogen-bond acceptors (Lipinski definition) is 2. The van der Waals surface area contributed by atoms with Gasteiger partial charge in [-0.2, -0.15) is 0 Å². The maximum absolute atomic E-state index is 12.3. The summed E-state index contributed by atoms with van der Waals surface area (Å²) in [5.41, 5.74) is 1.24. The maximum Gasteiger partial charge on any atom is 0.222 e. The smallest absolute Gasteiger partial charge is 0.222 e. The highest BCUT2D eigenvalue weighted by Crippen LogP contribution is 2.08. The Hall–Kier alpha value is -1.06. The summed E-state index contributed by atoms with van der Waals surface area (Å²) in [6.07, 6.45) is 2.50. The normalized spacial score (nSPS) is 16.9. The van der Waals surface area contributed by atoms with E-state index < -0.39 is 0 Å². The molecule has 0 bridgehead atoms. The number of aryl methyl sites for hydroxylation is 1. The zero-order valence-electron chi connectivity index (χ0n) is 11.9. The molecule has 4 heteroatoms. The van der Waals surface area contributed by atoms with Gasteiger partial charge in [0.25, 0.3) is 0 Å². The SMILES string of the molecule is O=C(CCc1ccccc1)N1CCCN(CCCl)CC1. The molecular weight excluding hydrogens is 272 g/mol. The lowest BCUT2D eigenvalue weighted by molar-refractivity contribution is -0.131. The van der Waals surface area contributed by atoms with E-state index in [4.69, 9.17) is 11.6 Å². The van der Waals surface area contributed by atoms with Crippen molar-refractivity contribution < 1.29 is 4.79 Å². The van der Waals surface area contributed by atoms with Crippen molar-refractivity contribution in [2.75, 3.05) is 38.6 Å². The Labute approximate surface area is 126 Å². The molecular formula is C16H23ClN2O. The van der Waals surface area contributed by atoms with Crippen LogP contribution in [-0.2, 0) is 11.2 Å². The fourth-order valence-corrected chi connectivity index (χ4v) is 2.86. The standard InChI is InChI=1S/C16H23ClN2O/c17-9-12-18-10-4-11-19(14-13-18)16(20)8-7-15-5-2-1-3-6-15/h1-3,5-6H,4,7-14H2. The van der Waals surface area contributed by atoms with Crippen LogP contribution in [0.25, 0.3) is 0 Å². The summed E-state index contributed by atoms with van der Waals surface area (Å²) in [4.78, 5) is 16.6. The van der Waals surface area contributed by atoms with Crippen molar-refractivity contribution in [1.82, 2.24) is 9.80 Å². The summed E-state index contributed by atoms with van der Waals surface area (Å²) in [5.74, 6) is 0.948. The van der Waals surface area contributed by atoms with E-state index in [-0.39, 0.29) is 5.91 Å². The summed E-state index contributed by atoms with van der Waals surface area (Å²) in [7, 11) is 0. The minimum atomic E-state index is 0.279. The second kappa shape index (κ2) is 8.28. The molecule has 1 amide bonds. The van der Waals surface area contributed by atoms with Gasteiger partial charge in [0, 0.05) is 38.5 Å². The van der Waals surface area contributed by atoms with Gasteiger partial charge in [-0.15, -0.1) is 11.6 Å². The molecule has 1 aliphatic heterocycles. The largest absolute Gasteiger partial charge is 0.341 e. The third kappa shape index (κ3) is 4.80. The van der Waals surface area contributed by atoms with Gasteiger partial charge < -0.3 is 9.80 Å². The zero-order valence-corrected chi connectivity index (χ0v) is 12.7. The topological polar surface area (TPSA) is 23.6 Å². The minimum Gasteiger partial charge on any atom is -0.341 e. The molecule has 1 aromatic carbocycles. The van der Waals surface area contributed by atoms with Crippen molar-refractivity contribution >= 4 is 17.5 Å². The molecule has 0 N–H and O–H groups in total. The quantitative estimate of drug-likeness (QED) is 0.779. The van der Waals surface area contributed by atoms with E-state index in [1.54, 1.807) is 0 Å². The number of benzene rings is 1. The number of rotatable bonds is 5. The van der Waals surface area contributed by atoms with Gasteiger partial charge >= 0.3 is 0 Å². The molecule has 0 radical (unpaired) electrons. The first-order valence-electron chi connectivity index (χ1n) is 7.39. The Balaban J connectivity index is 1.77. The number of carbonyl (C=O) groups excluding carboxylic acids is 1. The van der Waals surface area contributed by atoms with Crippen LogP contribution in [0.2, 0.25) is 0 Å². The number of halogens is 1. The molecule has 0 aromatic heterocycles. The average molecular weight is 295 g/mol. The van der Waals surface area contributed by atoms with Crippen molar-refractivity contribution in [3.63, 3.8) is 0 Å². The highest BCUT2D eigenvalue weighted by atomic mass is 35.5. The zero-order chi connectivity index (χ0) is 14.2. The van der Waals surface area contributed by atoms with Crippen molar-refractivity contribution in [2.45, 2.75) is 19.3 Å². The predicted octanol–water partition coefficient (Wildman–Crippen LogP) is 2.39. The van der Waals surface area contributed by atoms with Crippen molar-refractivity contribution in [1.29, 1.82) is 0 Å². The van der Waals surface area contributed by atoms with Gasteiger partial charge in [-0.1, -0.05) is 30.3 Å². The van der Waals surface area contributed by atoms with E-state index in [1.807, 2.05) is 23.1 Å². The van der Waals surface area contributed by atoms with Crippen LogP contribution in [0.15, 0.2) is 30.3 Å². The summed E-state index contributed by atoms with van der Waals surface area (Å²) in [6, 6.07) is 10.2.